The van der Waals surface area contributed by atoms with Gasteiger partial charge in [0.25, 0.3) is 5.91 Å². The summed E-state index contributed by atoms with van der Waals surface area (Å²) < 4.78 is 32.2. The molecule has 1 N–H and O–H groups in total. The highest BCUT2D eigenvalue weighted by atomic mass is 32.2. The number of rotatable bonds is 4. The number of benzene rings is 1. The maximum atomic E-state index is 12.8. The Morgan fingerprint density at radius 3 is 2.56 bits per heavy atom. The molecule has 1 aromatic heterocycles. The van der Waals surface area contributed by atoms with E-state index in [-0.39, 0.29) is 9.77 Å². The summed E-state index contributed by atoms with van der Waals surface area (Å²) in [6.45, 7) is 5.30. The zero-order chi connectivity index (χ0) is 18.0. The minimum Gasteiger partial charge on any atom is -0.379 e. The van der Waals surface area contributed by atoms with Gasteiger partial charge in [0.15, 0.2) is 0 Å². The van der Waals surface area contributed by atoms with Crippen molar-refractivity contribution in [3.8, 4) is 0 Å². The molecule has 134 valence electrons. The third-order valence-corrected chi connectivity index (χ3v) is 7.17. The first-order chi connectivity index (χ1) is 11.9. The van der Waals surface area contributed by atoms with Gasteiger partial charge in [0.2, 0.25) is 10.0 Å². The van der Waals surface area contributed by atoms with Crippen LogP contribution in [0.5, 0.6) is 0 Å². The van der Waals surface area contributed by atoms with E-state index in [4.69, 9.17) is 4.74 Å². The summed E-state index contributed by atoms with van der Waals surface area (Å²) in [5, 5.41) is 4.42. The summed E-state index contributed by atoms with van der Waals surface area (Å²) in [7, 11) is -3.70. The molecule has 1 saturated heterocycles. The van der Waals surface area contributed by atoms with Gasteiger partial charge in [-0.1, -0.05) is 6.07 Å². The first-order valence-electron chi connectivity index (χ1n) is 7.93. The predicted molar refractivity (Wildman–Crippen MR) is 97.8 cm³/mol. The summed E-state index contributed by atoms with van der Waals surface area (Å²) in [6, 6.07) is 7.09. The number of carbonyl (C=O) groups excluding carboxylic acids is 1. The molecule has 2 aromatic rings. The number of hydrogen-bond acceptors (Lipinski definition) is 5. The number of thiophene rings is 1. The van der Waals surface area contributed by atoms with Crippen LogP contribution in [0.15, 0.2) is 34.5 Å². The van der Waals surface area contributed by atoms with E-state index >= 15 is 0 Å². The Hall–Kier alpha value is -1.74. The third kappa shape index (κ3) is 3.77. The molecule has 1 aromatic carbocycles. The van der Waals surface area contributed by atoms with Crippen LogP contribution in [0.4, 0.5) is 5.69 Å². The predicted octanol–water partition coefficient (Wildman–Crippen LogP) is 2.64. The summed E-state index contributed by atoms with van der Waals surface area (Å²) in [5.74, 6) is -0.412. The number of carbonyl (C=O) groups is 1. The lowest BCUT2D eigenvalue weighted by molar-refractivity contribution is 0.0730. The first-order valence-corrected chi connectivity index (χ1v) is 10.3. The fourth-order valence-corrected chi connectivity index (χ4v) is 5.30. The fourth-order valence-electron chi connectivity index (χ4n) is 2.60. The van der Waals surface area contributed by atoms with E-state index in [0.29, 0.717) is 32.0 Å². The van der Waals surface area contributed by atoms with E-state index in [1.165, 1.54) is 10.4 Å². The van der Waals surface area contributed by atoms with E-state index in [9.17, 15) is 13.2 Å². The molecule has 0 saturated carbocycles. The highest BCUT2D eigenvalue weighted by molar-refractivity contribution is 7.89. The molecule has 0 spiro atoms. The molecule has 0 atom stereocenters. The van der Waals surface area contributed by atoms with Gasteiger partial charge in [-0.05, 0) is 48.6 Å². The zero-order valence-electron chi connectivity index (χ0n) is 14.1. The SMILES string of the molecule is Cc1ccc(NC(=O)c2sccc2S(=O)(=O)N2CCOCC2)cc1C. The molecule has 1 amide bonds. The second-order valence-electron chi connectivity index (χ2n) is 5.88. The number of nitrogens with one attached hydrogen (secondary N) is 1. The lowest BCUT2D eigenvalue weighted by Gasteiger charge is -2.26. The van der Waals surface area contributed by atoms with Crippen molar-refractivity contribution in [1.29, 1.82) is 0 Å². The van der Waals surface area contributed by atoms with Crippen molar-refractivity contribution in [3.05, 3.63) is 45.6 Å². The molecule has 8 heteroatoms. The number of sulfonamides is 1. The lowest BCUT2D eigenvalue weighted by Crippen LogP contribution is -2.41. The Balaban J connectivity index is 1.85. The molecule has 2 heterocycles. The van der Waals surface area contributed by atoms with Gasteiger partial charge in [-0.25, -0.2) is 8.42 Å². The van der Waals surface area contributed by atoms with Crippen molar-refractivity contribution >= 4 is 33.0 Å². The highest BCUT2D eigenvalue weighted by Crippen LogP contribution is 2.27. The van der Waals surface area contributed by atoms with Crippen molar-refractivity contribution in [1.82, 2.24) is 4.31 Å². The lowest BCUT2D eigenvalue weighted by atomic mass is 10.1. The maximum absolute atomic E-state index is 12.8. The summed E-state index contributed by atoms with van der Waals surface area (Å²) in [5.41, 5.74) is 2.84. The van der Waals surface area contributed by atoms with Crippen LogP contribution in [0.1, 0.15) is 20.8 Å². The van der Waals surface area contributed by atoms with Crippen LogP contribution in [0.3, 0.4) is 0 Å². The Morgan fingerprint density at radius 1 is 1.16 bits per heavy atom. The normalized spacial score (nSPS) is 15.9. The van der Waals surface area contributed by atoms with Gasteiger partial charge in [0, 0.05) is 18.8 Å². The van der Waals surface area contributed by atoms with Crippen LogP contribution in [-0.4, -0.2) is 44.9 Å². The largest absolute Gasteiger partial charge is 0.379 e. The number of anilines is 1. The highest BCUT2D eigenvalue weighted by Gasteiger charge is 2.31. The van der Waals surface area contributed by atoms with Crippen LogP contribution in [-0.2, 0) is 14.8 Å². The zero-order valence-corrected chi connectivity index (χ0v) is 15.7. The Kier molecular flexibility index (Phi) is 5.24. The van der Waals surface area contributed by atoms with E-state index in [0.717, 1.165) is 22.5 Å². The monoisotopic (exact) mass is 380 g/mol. The van der Waals surface area contributed by atoms with Crippen LogP contribution < -0.4 is 5.32 Å². The van der Waals surface area contributed by atoms with E-state index in [1.54, 1.807) is 5.38 Å². The van der Waals surface area contributed by atoms with Crippen molar-refractivity contribution in [2.75, 3.05) is 31.6 Å². The van der Waals surface area contributed by atoms with Crippen molar-refractivity contribution in [2.24, 2.45) is 0 Å². The molecule has 0 radical (unpaired) electrons. The van der Waals surface area contributed by atoms with Gasteiger partial charge in [-0.3, -0.25) is 4.79 Å². The summed E-state index contributed by atoms with van der Waals surface area (Å²) in [4.78, 5) is 12.9. The molecule has 0 unspecified atom stereocenters. The average Bonchev–Trinajstić information content (AvgIpc) is 3.10. The van der Waals surface area contributed by atoms with Gasteiger partial charge in [0.1, 0.15) is 9.77 Å². The number of aryl methyl sites for hydroxylation is 2. The Bertz CT molecular complexity index is 884. The quantitative estimate of drug-likeness (QED) is 0.885. The Labute approximate surface area is 151 Å². The second-order valence-corrected chi connectivity index (χ2v) is 8.71. The molecule has 6 nitrogen and oxygen atoms in total. The molecule has 1 fully saturated rings. The van der Waals surface area contributed by atoms with Crippen molar-refractivity contribution < 1.29 is 17.9 Å². The number of nitrogens with zero attached hydrogens (tertiary/aromatic N) is 1. The average molecular weight is 380 g/mol. The molecule has 0 aliphatic carbocycles. The van der Waals surface area contributed by atoms with Crippen LogP contribution in [0, 0.1) is 13.8 Å². The minimum absolute atomic E-state index is 0.0562. The number of ether oxygens (including phenoxy) is 1. The van der Waals surface area contributed by atoms with Crippen molar-refractivity contribution in [2.45, 2.75) is 18.7 Å². The third-order valence-electron chi connectivity index (χ3n) is 4.19. The standard InChI is InChI=1S/C17H20N2O4S2/c1-12-3-4-14(11-13(12)2)18-17(20)16-15(5-10-24-16)25(21,22)19-6-8-23-9-7-19/h3-5,10-11H,6-9H2,1-2H3,(H,18,20). The van der Waals surface area contributed by atoms with Crippen LogP contribution >= 0.6 is 11.3 Å². The van der Waals surface area contributed by atoms with Crippen molar-refractivity contribution in [3.63, 3.8) is 0 Å². The second kappa shape index (κ2) is 7.25. The number of amides is 1. The molecule has 1 aliphatic heterocycles. The van der Waals surface area contributed by atoms with Gasteiger partial charge in [0.05, 0.1) is 13.2 Å². The molecule has 25 heavy (non-hydrogen) atoms. The van der Waals surface area contributed by atoms with Gasteiger partial charge in [-0.2, -0.15) is 4.31 Å². The smallest absolute Gasteiger partial charge is 0.267 e. The molecule has 3 rings (SSSR count). The van der Waals surface area contributed by atoms with Gasteiger partial charge in [-0.15, -0.1) is 11.3 Å². The molecular formula is C17H20N2O4S2. The number of morpholine rings is 1. The maximum Gasteiger partial charge on any atom is 0.267 e. The van der Waals surface area contributed by atoms with Gasteiger partial charge >= 0.3 is 0 Å². The summed E-state index contributed by atoms with van der Waals surface area (Å²) in [6.07, 6.45) is 0. The minimum atomic E-state index is -3.70. The van der Waals surface area contributed by atoms with E-state index in [1.807, 2.05) is 32.0 Å². The van der Waals surface area contributed by atoms with E-state index < -0.39 is 15.9 Å². The van der Waals surface area contributed by atoms with Gasteiger partial charge < -0.3 is 10.1 Å². The molecule has 1 aliphatic rings. The summed E-state index contributed by atoms with van der Waals surface area (Å²) >= 11 is 1.13. The molecule has 0 bridgehead atoms. The Morgan fingerprint density at radius 2 is 1.88 bits per heavy atom. The van der Waals surface area contributed by atoms with E-state index in [2.05, 4.69) is 5.32 Å². The van der Waals surface area contributed by atoms with Crippen LogP contribution in [0.25, 0.3) is 0 Å². The van der Waals surface area contributed by atoms with Crippen LogP contribution in [0.2, 0.25) is 0 Å². The fraction of sp³-hybridized carbons (Fsp3) is 0.353. The first kappa shape index (κ1) is 18.1. The molecular weight excluding hydrogens is 360 g/mol. The topological polar surface area (TPSA) is 75.7 Å². The number of hydrogen-bond donors (Lipinski definition) is 1.